The second-order valence-electron chi connectivity index (χ2n) is 4.89. The number of rotatable bonds is 5. The van der Waals surface area contributed by atoms with Crippen molar-refractivity contribution in [3.05, 3.63) is 65.2 Å². The molecule has 0 amide bonds. The Morgan fingerprint density at radius 2 is 1.85 bits per heavy atom. The molecule has 2 aromatic rings. The zero-order valence-electron chi connectivity index (χ0n) is 11.5. The molecule has 0 bridgehead atoms. The molecule has 2 rings (SSSR count). The topological polar surface area (TPSA) is 59.0 Å². The monoisotopic (exact) mass is 266 g/mol. The van der Waals surface area contributed by atoms with Gasteiger partial charge in [0.05, 0.1) is 11.6 Å². The minimum absolute atomic E-state index is 0.106. The van der Waals surface area contributed by atoms with E-state index in [0.717, 1.165) is 23.3 Å². The van der Waals surface area contributed by atoms with E-state index < -0.39 is 0 Å². The number of benzene rings is 2. The summed E-state index contributed by atoms with van der Waals surface area (Å²) < 4.78 is 5.86. The number of nitrogens with two attached hydrogens (primary N) is 1. The van der Waals surface area contributed by atoms with Crippen molar-refractivity contribution in [1.82, 2.24) is 0 Å². The van der Waals surface area contributed by atoms with E-state index in [2.05, 4.69) is 6.07 Å². The first-order valence-electron chi connectivity index (χ1n) is 6.64. The molecule has 0 aromatic heterocycles. The molecule has 0 saturated carbocycles. The van der Waals surface area contributed by atoms with Crippen molar-refractivity contribution < 1.29 is 4.74 Å². The van der Waals surface area contributed by atoms with Crippen molar-refractivity contribution in [1.29, 1.82) is 5.26 Å². The first-order valence-corrected chi connectivity index (χ1v) is 6.64. The summed E-state index contributed by atoms with van der Waals surface area (Å²) in [5, 5.41) is 8.76. The maximum Gasteiger partial charge on any atom is 0.123 e. The van der Waals surface area contributed by atoms with E-state index in [1.807, 2.05) is 43.3 Å². The molecule has 3 heteroatoms. The van der Waals surface area contributed by atoms with Gasteiger partial charge in [0.2, 0.25) is 0 Å². The Morgan fingerprint density at radius 3 is 2.50 bits per heavy atom. The Labute approximate surface area is 119 Å². The molecule has 0 heterocycles. The third-order valence-electron chi connectivity index (χ3n) is 2.99. The van der Waals surface area contributed by atoms with E-state index in [1.54, 1.807) is 12.1 Å². The number of nitriles is 1. The van der Waals surface area contributed by atoms with Gasteiger partial charge in [0.15, 0.2) is 0 Å². The molecular formula is C17H18N2O. The molecule has 1 unspecified atom stereocenters. The lowest BCUT2D eigenvalue weighted by molar-refractivity contribution is 0.302. The number of ether oxygens (including phenoxy) is 1. The maximum atomic E-state index is 8.76. The summed E-state index contributed by atoms with van der Waals surface area (Å²) in [4.78, 5) is 0. The van der Waals surface area contributed by atoms with Crippen LogP contribution in [0.15, 0.2) is 48.5 Å². The van der Waals surface area contributed by atoms with Crippen molar-refractivity contribution in [2.24, 2.45) is 5.73 Å². The zero-order valence-corrected chi connectivity index (χ0v) is 11.5. The fourth-order valence-electron chi connectivity index (χ4n) is 2.00. The summed E-state index contributed by atoms with van der Waals surface area (Å²) in [6, 6.07) is 17.6. The van der Waals surface area contributed by atoms with Crippen molar-refractivity contribution in [3.63, 3.8) is 0 Å². The van der Waals surface area contributed by atoms with Gasteiger partial charge in [-0.1, -0.05) is 30.3 Å². The largest absolute Gasteiger partial charge is 0.489 e. The smallest absolute Gasteiger partial charge is 0.123 e. The van der Waals surface area contributed by atoms with Crippen LogP contribution in [-0.4, -0.2) is 6.04 Å². The van der Waals surface area contributed by atoms with Gasteiger partial charge in [-0.3, -0.25) is 0 Å². The van der Waals surface area contributed by atoms with Gasteiger partial charge in [0, 0.05) is 6.04 Å². The van der Waals surface area contributed by atoms with Crippen molar-refractivity contribution >= 4 is 0 Å². The summed E-state index contributed by atoms with van der Waals surface area (Å²) in [5.74, 6) is 0.870. The molecule has 102 valence electrons. The molecule has 2 aromatic carbocycles. The maximum absolute atomic E-state index is 8.76. The predicted molar refractivity (Wildman–Crippen MR) is 79.3 cm³/mol. The molecule has 0 aliphatic heterocycles. The minimum Gasteiger partial charge on any atom is -0.489 e. The molecule has 0 aliphatic carbocycles. The lowest BCUT2D eigenvalue weighted by Crippen LogP contribution is -2.18. The zero-order chi connectivity index (χ0) is 14.4. The first-order chi connectivity index (χ1) is 9.69. The van der Waals surface area contributed by atoms with Gasteiger partial charge in [0.1, 0.15) is 12.4 Å². The van der Waals surface area contributed by atoms with Crippen LogP contribution in [0.2, 0.25) is 0 Å². The van der Waals surface area contributed by atoms with Crippen molar-refractivity contribution in [2.45, 2.75) is 26.0 Å². The van der Waals surface area contributed by atoms with E-state index in [4.69, 9.17) is 15.7 Å². The first kappa shape index (κ1) is 14.1. The van der Waals surface area contributed by atoms with Crippen LogP contribution in [-0.2, 0) is 13.0 Å². The molecule has 0 radical (unpaired) electrons. The molecule has 1 atom stereocenters. The van der Waals surface area contributed by atoms with Gasteiger partial charge in [-0.15, -0.1) is 0 Å². The fraction of sp³-hybridized carbons (Fsp3) is 0.235. The summed E-state index contributed by atoms with van der Waals surface area (Å²) >= 11 is 0. The minimum atomic E-state index is 0.106. The lowest BCUT2D eigenvalue weighted by Gasteiger charge is -2.13. The molecule has 3 nitrogen and oxygen atoms in total. The summed E-state index contributed by atoms with van der Waals surface area (Å²) in [7, 11) is 0. The van der Waals surface area contributed by atoms with Crippen LogP contribution in [0.3, 0.4) is 0 Å². The van der Waals surface area contributed by atoms with Crippen LogP contribution in [0.4, 0.5) is 0 Å². The number of hydrogen-bond donors (Lipinski definition) is 1. The Hall–Kier alpha value is -2.31. The van der Waals surface area contributed by atoms with Crippen molar-refractivity contribution in [3.8, 4) is 11.8 Å². The van der Waals surface area contributed by atoms with Gasteiger partial charge in [-0.2, -0.15) is 5.26 Å². The predicted octanol–water partition coefficient (Wildman–Crippen LogP) is 3.03. The highest BCUT2D eigenvalue weighted by Crippen LogP contribution is 2.20. The fourth-order valence-corrected chi connectivity index (χ4v) is 2.00. The third kappa shape index (κ3) is 3.84. The standard InChI is InChI=1S/C17H18N2O/c1-13(19)10-16-4-2-3-5-17(16)20-12-15-8-6-14(11-18)7-9-15/h2-9,13H,10,12,19H2,1H3. The highest BCUT2D eigenvalue weighted by atomic mass is 16.5. The van der Waals surface area contributed by atoms with Crippen LogP contribution >= 0.6 is 0 Å². The van der Waals surface area contributed by atoms with Crippen LogP contribution < -0.4 is 10.5 Å². The second kappa shape index (κ2) is 6.74. The summed E-state index contributed by atoms with van der Waals surface area (Å²) in [5.41, 5.74) is 8.67. The Kier molecular flexibility index (Phi) is 4.75. The Morgan fingerprint density at radius 1 is 1.15 bits per heavy atom. The van der Waals surface area contributed by atoms with E-state index in [0.29, 0.717) is 12.2 Å². The molecule has 0 fully saturated rings. The average molecular weight is 266 g/mol. The van der Waals surface area contributed by atoms with Crippen LogP contribution in [0.1, 0.15) is 23.6 Å². The van der Waals surface area contributed by atoms with Crippen molar-refractivity contribution in [2.75, 3.05) is 0 Å². The van der Waals surface area contributed by atoms with Gasteiger partial charge in [-0.05, 0) is 42.7 Å². The second-order valence-corrected chi connectivity index (χ2v) is 4.89. The molecule has 0 aliphatic rings. The Balaban J connectivity index is 2.04. The normalized spacial score (nSPS) is 11.7. The SMILES string of the molecule is CC(N)Cc1ccccc1OCc1ccc(C#N)cc1. The van der Waals surface area contributed by atoms with Crippen LogP contribution in [0, 0.1) is 11.3 Å². The molecule has 20 heavy (non-hydrogen) atoms. The van der Waals surface area contributed by atoms with Crippen LogP contribution in [0.25, 0.3) is 0 Å². The highest BCUT2D eigenvalue weighted by molar-refractivity contribution is 5.35. The quantitative estimate of drug-likeness (QED) is 0.905. The van der Waals surface area contributed by atoms with E-state index >= 15 is 0 Å². The van der Waals surface area contributed by atoms with E-state index in [-0.39, 0.29) is 6.04 Å². The van der Waals surface area contributed by atoms with Gasteiger partial charge in [-0.25, -0.2) is 0 Å². The van der Waals surface area contributed by atoms with Gasteiger partial charge < -0.3 is 10.5 Å². The molecule has 0 saturated heterocycles. The lowest BCUT2D eigenvalue weighted by atomic mass is 10.1. The molecular weight excluding hydrogens is 248 g/mol. The average Bonchev–Trinajstić information content (AvgIpc) is 2.46. The number of hydrogen-bond acceptors (Lipinski definition) is 3. The third-order valence-corrected chi connectivity index (χ3v) is 2.99. The number of nitrogens with zero attached hydrogens (tertiary/aromatic N) is 1. The highest BCUT2D eigenvalue weighted by Gasteiger charge is 2.05. The van der Waals surface area contributed by atoms with Gasteiger partial charge >= 0.3 is 0 Å². The molecule has 2 N–H and O–H groups in total. The molecule has 0 spiro atoms. The van der Waals surface area contributed by atoms with E-state index in [1.165, 1.54) is 0 Å². The van der Waals surface area contributed by atoms with E-state index in [9.17, 15) is 0 Å². The summed E-state index contributed by atoms with van der Waals surface area (Å²) in [6.45, 7) is 2.47. The Bertz CT molecular complexity index is 597. The number of para-hydroxylation sites is 1. The van der Waals surface area contributed by atoms with Crippen LogP contribution in [0.5, 0.6) is 5.75 Å². The van der Waals surface area contributed by atoms with Gasteiger partial charge in [0.25, 0.3) is 0 Å². The summed E-state index contributed by atoms with van der Waals surface area (Å²) in [6.07, 6.45) is 0.795.